The molecule has 0 N–H and O–H groups in total. The van der Waals surface area contributed by atoms with E-state index in [9.17, 15) is 14.0 Å². The number of aromatic nitrogens is 1. The lowest BCUT2D eigenvalue weighted by atomic mass is 9.90. The van der Waals surface area contributed by atoms with Crippen LogP contribution in [0.25, 0.3) is 0 Å². The van der Waals surface area contributed by atoms with E-state index in [0.29, 0.717) is 19.4 Å². The summed E-state index contributed by atoms with van der Waals surface area (Å²) in [5, 5.41) is -0.323. The van der Waals surface area contributed by atoms with Crippen molar-refractivity contribution in [2.24, 2.45) is 5.92 Å². The average molecular weight is 343 g/mol. The fourth-order valence-electron chi connectivity index (χ4n) is 2.51. The second-order valence-corrected chi connectivity index (χ2v) is 6.95. The Morgan fingerprint density at radius 2 is 2.13 bits per heavy atom. The third-order valence-corrected chi connectivity index (χ3v) is 3.82. The van der Waals surface area contributed by atoms with Crippen molar-refractivity contribution in [2.75, 3.05) is 13.1 Å². The molecule has 1 saturated heterocycles. The maximum absolute atomic E-state index is 14.0. The summed E-state index contributed by atoms with van der Waals surface area (Å²) < 4.78 is 19.3. The number of rotatable bonds is 2. The van der Waals surface area contributed by atoms with Gasteiger partial charge in [0.25, 0.3) is 0 Å². The van der Waals surface area contributed by atoms with E-state index in [0.717, 1.165) is 0 Å². The number of hydrogen-bond donors (Lipinski definition) is 0. The summed E-state index contributed by atoms with van der Waals surface area (Å²) in [7, 11) is 0. The largest absolute Gasteiger partial charge is 0.444 e. The molecule has 1 aliphatic rings. The van der Waals surface area contributed by atoms with Crippen LogP contribution in [-0.2, 0) is 4.74 Å². The first-order valence-electron chi connectivity index (χ1n) is 7.51. The lowest BCUT2D eigenvalue weighted by Crippen LogP contribution is -2.44. The number of nitrogens with zero attached hydrogens (tertiary/aromatic N) is 2. The van der Waals surface area contributed by atoms with Gasteiger partial charge in [-0.2, -0.15) is 0 Å². The normalized spacial score (nSPS) is 18.7. The standard InChI is InChI=1S/C16H20ClFN2O3/c1-16(2,3)23-15(22)20-8-4-5-10(9-20)13(21)11-6-7-19-14(17)12(11)18/h6-7,10H,4-5,8-9H2,1-3H3/t10-/m1/s1. The van der Waals surface area contributed by atoms with Gasteiger partial charge in [-0.25, -0.2) is 14.2 Å². The quantitative estimate of drug-likeness (QED) is 0.607. The third-order valence-electron chi connectivity index (χ3n) is 3.56. The van der Waals surface area contributed by atoms with Crippen molar-refractivity contribution in [3.8, 4) is 0 Å². The van der Waals surface area contributed by atoms with Crippen LogP contribution in [0.2, 0.25) is 5.15 Å². The van der Waals surface area contributed by atoms with Gasteiger partial charge in [-0.05, 0) is 39.7 Å². The first-order valence-corrected chi connectivity index (χ1v) is 7.89. The van der Waals surface area contributed by atoms with E-state index in [4.69, 9.17) is 16.3 Å². The molecule has 1 amide bonds. The van der Waals surface area contributed by atoms with Gasteiger partial charge in [0.15, 0.2) is 16.8 Å². The van der Waals surface area contributed by atoms with Crippen LogP contribution in [0, 0.1) is 11.7 Å². The maximum atomic E-state index is 14.0. The Bertz CT molecular complexity index is 616. The highest BCUT2D eigenvalue weighted by atomic mass is 35.5. The van der Waals surface area contributed by atoms with Crippen molar-refractivity contribution < 1.29 is 18.7 Å². The number of ether oxygens (including phenoxy) is 1. The van der Waals surface area contributed by atoms with Crippen molar-refractivity contribution in [1.82, 2.24) is 9.88 Å². The molecule has 0 spiro atoms. The molecule has 5 nitrogen and oxygen atoms in total. The highest BCUT2D eigenvalue weighted by Crippen LogP contribution is 2.25. The van der Waals surface area contributed by atoms with Gasteiger partial charge in [0, 0.05) is 25.2 Å². The number of carbonyl (C=O) groups is 2. The number of Topliss-reactive ketones (excluding diaryl/α,β-unsaturated/α-hetero) is 1. The summed E-state index contributed by atoms with van der Waals surface area (Å²) in [4.78, 5) is 29.7. The number of pyridine rings is 1. The molecule has 1 fully saturated rings. The van der Waals surface area contributed by atoms with Crippen molar-refractivity contribution >= 4 is 23.5 Å². The predicted octanol–water partition coefficient (Wildman–Crippen LogP) is 3.70. The van der Waals surface area contributed by atoms with E-state index in [-0.39, 0.29) is 23.0 Å². The van der Waals surface area contributed by atoms with Crippen LogP contribution in [0.15, 0.2) is 12.3 Å². The first kappa shape index (κ1) is 17.7. The van der Waals surface area contributed by atoms with Gasteiger partial charge in [-0.1, -0.05) is 11.6 Å². The van der Waals surface area contributed by atoms with Gasteiger partial charge < -0.3 is 9.64 Å². The number of amides is 1. The lowest BCUT2D eigenvalue weighted by Gasteiger charge is -2.33. The predicted molar refractivity (Wildman–Crippen MR) is 84.1 cm³/mol. The van der Waals surface area contributed by atoms with E-state index < -0.39 is 23.4 Å². The molecule has 0 radical (unpaired) electrons. The maximum Gasteiger partial charge on any atom is 0.410 e. The van der Waals surface area contributed by atoms with Crippen LogP contribution in [0.3, 0.4) is 0 Å². The Balaban J connectivity index is 2.10. The Hall–Kier alpha value is -1.69. The highest BCUT2D eigenvalue weighted by molar-refractivity contribution is 6.30. The van der Waals surface area contributed by atoms with Gasteiger partial charge in [-0.15, -0.1) is 0 Å². The van der Waals surface area contributed by atoms with Gasteiger partial charge in [-0.3, -0.25) is 4.79 Å². The zero-order valence-electron chi connectivity index (χ0n) is 13.4. The molecule has 2 rings (SSSR count). The van der Waals surface area contributed by atoms with Crippen LogP contribution >= 0.6 is 11.6 Å². The molecule has 2 heterocycles. The van der Waals surface area contributed by atoms with Crippen LogP contribution in [0.1, 0.15) is 44.0 Å². The fraction of sp³-hybridized carbons (Fsp3) is 0.562. The molecule has 1 aromatic heterocycles. The molecule has 126 valence electrons. The van der Waals surface area contributed by atoms with E-state index in [1.165, 1.54) is 17.2 Å². The number of likely N-dealkylation sites (tertiary alicyclic amines) is 1. The van der Waals surface area contributed by atoms with Gasteiger partial charge >= 0.3 is 6.09 Å². The monoisotopic (exact) mass is 342 g/mol. The number of ketones is 1. The minimum Gasteiger partial charge on any atom is -0.444 e. The van der Waals surface area contributed by atoms with Gasteiger partial charge in [0.1, 0.15) is 5.60 Å². The van der Waals surface area contributed by atoms with Crippen molar-refractivity contribution in [3.05, 3.63) is 28.8 Å². The SMILES string of the molecule is CC(C)(C)OC(=O)N1CCC[C@@H](C(=O)c2ccnc(Cl)c2F)C1. The topological polar surface area (TPSA) is 59.5 Å². The third kappa shape index (κ3) is 4.41. The minimum atomic E-state index is -0.812. The van der Waals surface area contributed by atoms with E-state index in [2.05, 4.69) is 4.98 Å². The van der Waals surface area contributed by atoms with E-state index in [1.54, 1.807) is 20.8 Å². The Morgan fingerprint density at radius 3 is 2.78 bits per heavy atom. The van der Waals surface area contributed by atoms with Crippen molar-refractivity contribution in [3.63, 3.8) is 0 Å². The zero-order chi connectivity index (χ0) is 17.2. The number of hydrogen-bond acceptors (Lipinski definition) is 4. The molecule has 0 unspecified atom stereocenters. The Kier molecular flexibility index (Phi) is 5.24. The van der Waals surface area contributed by atoms with Gasteiger partial charge in [0.05, 0.1) is 5.56 Å². The van der Waals surface area contributed by atoms with Crippen LogP contribution < -0.4 is 0 Å². The van der Waals surface area contributed by atoms with E-state index >= 15 is 0 Å². The molecular weight excluding hydrogens is 323 g/mol. The Morgan fingerprint density at radius 1 is 1.43 bits per heavy atom. The molecular formula is C16H20ClFN2O3. The molecule has 0 saturated carbocycles. The second-order valence-electron chi connectivity index (χ2n) is 6.59. The highest BCUT2D eigenvalue weighted by Gasteiger charge is 2.32. The smallest absolute Gasteiger partial charge is 0.410 e. The molecule has 0 aliphatic carbocycles. The first-order chi connectivity index (χ1) is 10.7. The van der Waals surface area contributed by atoms with Crippen molar-refractivity contribution in [1.29, 1.82) is 0 Å². The Labute approximate surface area is 139 Å². The summed E-state index contributed by atoms with van der Waals surface area (Å²) in [6.45, 7) is 6.09. The molecule has 1 aromatic rings. The summed E-state index contributed by atoms with van der Waals surface area (Å²) in [6, 6.07) is 1.32. The lowest BCUT2D eigenvalue weighted by molar-refractivity contribution is 0.0171. The summed E-state index contributed by atoms with van der Waals surface area (Å²) >= 11 is 5.63. The number of halogens is 2. The zero-order valence-corrected chi connectivity index (χ0v) is 14.2. The molecule has 1 atom stereocenters. The molecule has 1 aliphatic heterocycles. The molecule has 0 aromatic carbocycles. The molecule has 7 heteroatoms. The van der Waals surface area contributed by atoms with Crippen LogP contribution in [0.4, 0.5) is 9.18 Å². The van der Waals surface area contributed by atoms with Gasteiger partial charge in [0.2, 0.25) is 0 Å². The van der Waals surface area contributed by atoms with E-state index in [1.807, 2.05) is 0 Å². The number of carbonyl (C=O) groups excluding carboxylic acids is 2. The summed E-state index contributed by atoms with van der Waals surface area (Å²) in [6.07, 6.45) is 2.10. The molecule has 23 heavy (non-hydrogen) atoms. The fourth-order valence-corrected chi connectivity index (χ4v) is 2.67. The van der Waals surface area contributed by atoms with Crippen LogP contribution in [0.5, 0.6) is 0 Å². The number of piperidine rings is 1. The summed E-state index contributed by atoms with van der Waals surface area (Å²) in [5.41, 5.74) is -0.681. The minimum absolute atomic E-state index is 0.0824. The summed E-state index contributed by atoms with van der Waals surface area (Å²) in [5.74, 6) is -1.64. The van der Waals surface area contributed by atoms with Crippen LogP contribution in [-0.4, -0.2) is 40.5 Å². The second kappa shape index (κ2) is 6.83. The molecule has 0 bridgehead atoms. The van der Waals surface area contributed by atoms with Crippen molar-refractivity contribution in [2.45, 2.75) is 39.2 Å². The average Bonchev–Trinajstić information content (AvgIpc) is 2.48.